The summed E-state index contributed by atoms with van der Waals surface area (Å²) >= 11 is 0. The van der Waals surface area contributed by atoms with Gasteiger partial charge in [0, 0.05) is 26.2 Å². The molecule has 0 aromatic heterocycles. The predicted molar refractivity (Wildman–Crippen MR) is 128 cm³/mol. The predicted octanol–water partition coefficient (Wildman–Crippen LogP) is 2.33. The zero-order valence-electron chi connectivity index (χ0n) is 19.7. The first-order valence-corrected chi connectivity index (χ1v) is 13.7. The van der Waals surface area contributed by atoms with E-state index in [9.17, 15) is 18.0 Å². The lowest BCUT2D eigenvalue weighted by Crippen LogP contribution is -2.49. The molecule has 0 unspecified atom stereocenters. The zero-order chi connectivity index (χ0) is 23.6. The van der Waals surface area contributed by atoms with E-state index >= 15 is 0 Å². The minimum absolute atomic E-state index is 0.112. The average Bonchev–Trinajstić information content (AvgIpc) is 3.14. The highest BCUT2D eigenvalue weighted by Crippen LogP contribution is 2.35. The lowest BCUT2D eigenvalue weighted by Gasteiger charge is -2.41. The first-order chi connectivity index (χ1) is 15.9. The quantitative estimate of drug-likeness (QED) is 0.564. The largest absolute Gasteiger partial charge is 0.292 e. The van der Waals surface area contributed by atoms with E-state index in [-0.39, 0.29) is 24.3 Å². The Morgan fingerprint density at radius 2 is 1.42 bits per heavy atom. The molecule has 182 valence electrons. The van der Waals surface area contributed by atoms with Crippen LogP contribution in [0.15, 0.2) is 30.3 Å². The van der Waals surface area contributed by atoms with E-state index in [1.54, 1.807) is 16.4 Å². The Balaban J connectivity index is 1.30. The van der Waals surface area contributed by atoms with Crippen molar-refractivity contribution < 1.29 is 18.0 Å². The van der Waals surface area contributed by atoms with Gasteiger partial charge in [0.15, 0.2) is 0 Å². The number of rotatable bonds is 7. The second-order valence-electron chi connectivity index (χ2n) is 9.32. The minimum Gasteiger partial charge on any atom is -0.292 e. The molecule has 3 fully saturated rings. The van der Waals surface area contributed by atoms with Gasteiger partial charge in [-0.1, -0.05) is 32.0 Å². The maximum atomic E-state index is 13.0. The van der Waals surface area contributed by atoms with Crippen molar-refractivity contribution in [3.05, 3.63) is 30.3 Å². The standard InChI is InChI=1S/C24H36N4O4S/c1-3-26(4-2)33(31,32)27-16-12-20(13-17-27)19-10-14-25(15-11-19)22-18-23(29)28(24(22)30)21-8-6-5-7-9-21/h5-9,19-20,22H,3-4,10-18H2,1-2H3/t22-/m1/s1. The molecule has 8 nitrogen and oxygen atoms in total. The van der Waals surface area contributed by atoms with Gasteiger partial charge in [-0.25, -0.2) is 4.90 Å². The van der Waals surface area contributed by atoms with Crippen molar-refractivity contribution in [1.29, 1.82) is 0 Å². The van der Waals surface area contributed by atoms with Crippen LogP contribution in [-0.2, 0) is 19.8 Å². The smallest absolute Gasteiger partial charge is 0.281 e. The van der Waals surface area contributed by atoms with Crippen LogP contribution in [0.25, 0.3) is 0 Å². The molecule has 1 aromatic rings. The van der Waals surface area contributed by atoms with Crippen LogP contribution in [0.4, 0.5) is 5.69 Å². The van der Waals surface area contributed by atoms with Gasteiger partial charge in [0.05, 0.1) is 18.2 Å². The van der Waals surface area contributed by atoms with Crippen molar-refractivity contribution in [3.63, 3.8) is 0 Å². The third kappa shape index (κ3) is 4.87. The first kappa shape index (κ1) is 24.3. The Bertz CT molecular complexity index is 934. The normalized spacial score (nSPS) is 24.8. The molecule has 1 atom stereocenters. The van der Waals surface area contributed by atoms with Gasteiger partial charge in [-0.15, -0.1) is 0 Å². The number of imide groups is 1. The highest BCUT2D eigenvalue weighted by molar-refractivity contribution is 7.86. The number of hydrogen-bond donors (Lipinski definition) is 0. The Morgan fingerprint density at radius 1 is 0.879 bits per heavy atom. The van der Waals surface area contributed by atoms with Gasteiger partial charge >= 0.3 is 0 Å². The molecular weight excluding hydrogens is 440 g/mol. The number of likely N-dealkylation sites (tertiary alicyclic amines) is 1. The fourth-order valence-corrected chi connectivity index (χ4v) is 7.39. The summed E-state index contributed by atoms with van der Waals surface area (Å²) in [7, 11) is -3.35. The van der Waals surface area contributed by atoms with E-state index in [0.717, 1.165) is 38.8 Å². The van der Waals surface area contributed by atoms with Crippen molar-refractivity contribution in [1.82, 2.24) is 13.5 Å². The number of nitrogens with zero attached hydrogens (tertiary/aromatic N) is 4. The van der Waals surface area contributed by atoms with Crippen LogP contribution in [0, 0.1) is 11.8 Å². The molecule has 3 aliphatic rings. The van der Waals surface area contributed by atoms with Gasteiger partial charge in [-0.2, -0.15) is 17.0 Å². The SMILES string of the molecule is CCN(CC)S(=O)(=O)N1CCC(C2CCN([C@@H]3CC(=O)N(c4ccccc4)C3=O)CC2)CC1. The minimum atomic E-state index is -3.35. The van der Waals surface area contributed by atoms with E-state index in [1.807, 2.05) is 32.0 Å². The molecule has 0 aliphatic carbocycles. The van der Waals surface area contributed by atoms with Crippen molar-refractivity contribution >= 4 is 27.7 Å². The average molecular weight is 477 g/mol. The summed E-state index contributed by atoms with van der Waals surface area (Å²) in [4.78, 5) is 29.1. The van der Waals surface area contributed by atoms with E-state index < -0.39 is 10.2 Å². The Kier molecular flexibility index (Phi) is 7.53. The molecular formula is C24H36N4O4S. The van der Waals surface area contributed by atoms with Gasteiger partial charge in [-0.3, -0.25) is 14.5 Å². The summed E-state index contributed by atoms with van der Waals surface area (Å²) in [5, 5.41) is 0. The fourth-order valence-electron chi connectivity index (χ4n) is 5.74. The van der Waals surface area contributed by atoms with Crippen molar-refractivity contribution in [2.45, 2.75) is 52.0 Å². The number of anilines is 1. The Hall–Kier alpha value is -1.81. The molecule has 0 bridgehead atoms. The van der Waals surface area contributed by atoms with Gasteiger partial charge in [0.25, 0.3) is 16.1 Å². The number of carbonyl (C=O) groups excluding carboxylic acids is 2. The highest BCUT2D eigenvalue weighted by atomic mass is 32.2. The number of benzene rings is 1. The van der Waals surface area contributed by atoms with Crippen LogP contribution in [0.5, 0.6) is 0 Å². The van der Waals surface area contributed by atoms with E-state index in [1.165, 1.54) is 9.21 Å². The molecule has 3 aliphatic heterocycles. The summed E-state index contributed by atoms with van der Waals surface area (Å²) in [6, 6.07) is 8.80. The molecule has 3 heterocycles. The van der Waals surface area contributed by atoms with Crippen molar-refractivity contribution in [2.24, 2.45) is 11.8 Å². The molecule has 33 heavy (non-hydrogen) atoms. The number of amides is 2. The van der Waals surface area contributed by atoms with Gasteiger partial charge < -0.3 is 0 Å². The van der Waals surface area contributed by atoms with E-state index in [4.69, 9.17) is 0 Å². The number of carbonyl (C=O) groups is 2. The highest BCUT2D eigenvalue weighted by Gasteiger charge is 2.44. The summed E-state index contributed by atoms with van der Waals surface area (Å²) in [5.74, 6) is 0.841. The molecule has 0 radical (unpaired) electrons. The fraction of sp³-hybridized carbons (Fsp3) is 0.667. The summed E-state index contributed by atoms with van der Waals surface area (Å²) in [6.45, 7) is 7.57. The maximum Gasteiger partial charge on any atom is 0.281 e. The molecule has 3 saturated heterocycles. The second-order valence-corrected chi connectivity index (χ2v) is 11.3. The third-order valence-electron chi connectivity index (χ3n) is 7.68. The molecule has 0 N–H and O–H groups in total. The van der Waals surface area contributed by atoms with Gasteiger partial charge in [0.2, 0.25) is 5.91 Å². The number of hydrogen-bond acceptors (Lipinski definition) is 5. The summed E-state index contributed by atoms with van der Waals surface area (Å²) in [5.41, 5.74) is 0.649. The van der Waals surface area contributed by atoms with Crippen molar-refractivity contribution in [3.8, 4) is 0 Å². The summed E-state index contributed by atoms with van der Waals surface area (Å²) < 4.78 is 28.8. The van der Waals surface area contributed by atoms with Gasteiger partial charge in [-0.05, 0) is 62.7 Å². The van der Waals surface area contributed by atoms with Crippen LogP contribution in [0.3, 0.4) is 0 Å². The lowest BCUT2D eigenvalue weighted by atomic mass is 9.79. The van der Waals surface area contributed by atoms with Crippen LogP contribution >= 0.6 is 0 Å². The first-order valence-electron chi connectivity index (χ1n) is 12.3. The molecule has 2 amide bonds. The molecule has 0 saturated carbocycles. The topological polar surface area (TPSA) is 81.2 Å². The number of para-hydroxylation sites is 1. The zero-order valence-corrected chi connectivity index (χ0v) is 20.5. The third-order valence-corrected chi connectivity index (χ3v) is 9.86. The maximum absolute atomic E-state index is 13.0. The Labute approximate surface area is 197 Å². The van der Waals surface area contributed by atoms with Crippen LogP contribution in [0.1, 0.15) is 46.0 Å². The molecule has 4 rings (SSSR count). The van der Waals surface area contributed by atoms with E-state index in [0.29, 0.717) is 43.7 Å². The lowest BCUT2D eigenvalue weighted by molar-refractivity contribution is -0.123. The number of piperidine rings is 2. The van der Waals surface area contributed by atoms with Crippen LogP contribution < -0.4 is 4.90 Å². The molecule has 0 spiro atoms. The van der Waals surface area contributed by atoms with Gasteiger partial charge in [0.1, 0.15) is 0 Å². The van der Waals surface area contributed by atoms with E-state index in [2.05, 4.69) is 4.90 Å². The molecule has 1 aromatic carbocycles. The second kappa shape index (κ2) is 10.2. The Morgan fingerprint density at radius 3 is 1.97 bits per heavy atom. The van der Waals surface area contributed by atoms with Crippen molar-refractivity contribution in [2.75, 3.05) is 44.2 Å². The monoisotopic (exact) mass is 476 g/mol. The van der Waals surface area contributed by atoms with Crippen LogP contribution in [-0.4, -0.2) is 79.1 Å². The molecule has 9 heteroatoms. The van der Waals surface area contributed by atoms with Crippen LogP contribution in [0.2, 0.25) is 0 Å². The summed E-state index contributed by atoms with van der Waals surface area (Å²) in [6.07, 6.45) is 4.04.